The van der Waals surface area contributed by atoms with E-state index in [0.717, 1.165) is 19.0 Å². The number of aryl methyl sites for hydroxylation is 1. The van der Waals surface area contributed by atoms with Gasteiger partial charge in [-0.15, -0.1) is 12.4 Å². The van der Waals surface area contributed by atoms with Gasteiger partial charge in [0.25, 0.3) is 0 Å². The van der Waals surface area contributed by atoms with Crippen molar-refractivity contribution >= 4 is 28.3 Å². The summed E-state index contributed by atoms with van der Waals surface area (Å²) in [7, 11) is 2.05. The first-order valence-corrected chi connectivity index (χ1v) is 8.10. The normalized spacial score (nSPS) is 16.9. The van der Waals surface area contributed by atoms with Crippen molar-refractivity contribution in [2.75, 3.05) is 26.7 Å². The molecule has 114 valence electrons. The second-order valence-corrected chi connectivity index (χ2v) is 6.55. The summed E-state index contributed by atoms with van der Waals surface area (Å²) >= 11 is 3.62. The third-order valence-electron chi connectivity index (χ3n) is 4.15. The number of rotatable bonds is 5. The topological polar surface area (TPSA) is 15.3 Å². The lowest BCUT2D eigenvalue weighted by Crippen LogP contribution is -2.34. The zero-order valence-electron chi connectivity index (χ0n) is 12.5. The Hall–Kier alpha value is -0.0900. The zero-order valence-corrected chi connectivity index (χ0v) is 14.9. The smallest absolute Gasteiger partial charge is 0.0234 e. The van der Waals surface area contributed by atoms with Crippen LogP contribution in [-0.4, -0.2) is 31.6 Å². The fourth-order valence-corrected chi connectivity index (χ4v) is 3.20. The highest BCUT2D eigenvalue weighted by Gasteiger charge is 2.18. The molecule has 0 spiro atoms. The van der Waals surface area contributed by atoms with Crippen LogP contribution in [0.25, 0.3) is 0 Å². The largest absolute Gasteiger partial charge is 0.320 e. The molecule has 20 heavy (non-hydrogen) atoms. The van der Waals surface area contributed by atoms with Gasteiger partial charge in [-0.3, -0.25) is 4.90 Å². The van der Waals surface area contributed by atoms with E-state index in [0.29, 0.717) is 0 Å². The van der Waals surface area contributed by atoms with Crippen LogP contribution < -0.4 is 5.32 Å². The molecule has 0 aliphatic carbocycles. The van der Waals surface area contributed by atoms with E-state index in [9.17, 15) is 0 Å². The van der Waals surface area contributed by atoms with Crippen LogP contribution in [0.4, 0.5) is 0 Å². The van der Waals surface area contributed by atoms with E-state index < -0.39 is 0 Å². The summed E-state index contributed by atoms with van der Waals surface area (Å²) in [6, 6.07) is 6.73. The molecule has 1 saturated heterocycles. The fraction of sp³-hybridized carbons (Fsp3) is 0.625. The zero-order chi connectivity index (χ0) is 13.7. The van der Waals surface area contributed by atoms with Crippen LogP contribution in [0.15, 0.2) is 22.7 Å². The van der Waals surface area contributed by atoms with Gasteiger partial charge in [-0.1, -0.05) is 28.1 Å². The first-order valence-electron chi connectivity index (χ1n) is 7.31. The van der Waals surface area contributed by atoms with Crippen molar-refractivity contribution in [2.24, 2.45) is 5.92 Å². The molecule has 2 nitrogen and oxygen atoms in total. The maximum Gasteiger partial charge on any atom is 0.0234 e. The lowest BCUT2D eigenvalue weighted by Gasteiger charge is -2.32. The Morgan fingerprint density at radius 1 is 1.30 bits per heavy atom. The van der Waals surface area contributed by atoms with Crippen LogP contribution in [0.3, 0.4) is 0 Å². The van der Waals surface area contributed by atoms with Crippen molar-refractivity contribution in [3.05, 3.63) is 33.8 Å². The van der Waals surface area contributed by atoms with Gasteiger partial charge in [-0.05, 0) is 76.0 Å². The number of nitrogens with zero attached hydrogens (tertiary/aromatic N) is 1. The second-order valence-electron chi connectivity index (χ2n) is 5.70. The van der Waals surface area contributed by atoms with Gasteiger partial charge < -0.3 is 5.32 Å². The lowest BCUT2D eigenvalue weighted by atomic mass is 9.93. The van der Waals surface area contributed by atoms with E-state index in [1.807, 2.05) is 7.05 Å². The maximum atomic E-state index is 3.62. The predicted molar refractivity (Wildman–Crippen MR) is 92.7 cm³/mol. The first-order chi connectivity index (χ1) is 9.19. The third-order valence-corrected chi connectivity index (χ3v) is 5.01. The molecule has 0 amide bonds. The summed E-state index contributed by atoms with van der Waals surface area (Å²) in [5.41, 5.74) is 2.74. The molecule has 0 atom stereocenters. The SMILES string of the molecule is CNCCC1CCN(Cc2ccc(C)c(Br)c2)CC1.Cl. The third kappa shape index (κ3) is 5.36. The molecule has 2 rings (SSSR count). The van der Waals surface area contributed by atoms with Crippen LogP contribution in [0.2, 0.25) is 0 Å². The van der Waals surface area contributed by atoms with E-state index in [-0.39, 0.29) is 12.4 Å². The first kappa shape index (κ1) is 18.0. The van der Waals surface area contributed by atoms with Gasteiger partial charge in [0.15, 0.2) is 0 Å². The summed E-state index contributed by atoms with van der Waals surface area (Å²) in [4.78, 5) is 2.59. The minimum Gasteiger partial charge on any atom is -0.320 e. The van der Waals surface area contributed by atoms with Gasteiger partial charge in [0, 0.05) is 11.0 Å². The summed E-state index contributed by atoms with van der Waals surface area (Å²) in [5, 5.41) is 3.26. The van der Waals surface area contributed by atoms with Crippen LogP contribution in [0, 0.1) is 12.8 Å². The number of piperidine rings is 1. The lowest BCUT2D eigenvalue weighted by molar-refractivity contribution is 0.172. The number of hydrogen-bond acceptors (Lipinski definition) is 2. The van der Waals surface area contributed by atoms with Crippen LogP contribution in [-0.2, 0) is 6.54 Å². The number of halogens is 2. The standard InChI is InChI=1S/C16H25BrN2.ClH/c1-13-3-4-15(11-16(13)17)12-19-9-6-14(7-10-19)5-8-18-2;/h3-4,11,14,18H,5-10,12H2,1-2H3;1H. The molecule has 0 radical (unpaired) electrons. The monoisotopic (exact) mass is 360 g/mol. The van der Waals surface area contributed by atoms with Gasteiger partial charge in [0.1, 0.15) is 0 Å². The van der Waals surface area contributed by atoms with E-state index in [1.54, 1.807) is 0 Å². The number of benzene rings is 1. The Morgan fingerprint density at radius 3 is 2.60 bits per heavy atom. The van der Waals surface area contributed by atoms with Crippen LogP contribution >= 0.6 is 28.3 Å². The average Bonchev–Trinajstić information content (AvgIpc) is 2.42. The Kier molecular flexibility index (Phi) is 8.11. The summed E-state index contributed by atoms with van der Waals surface area (Å²) in [5.74, 6) is 0.924. The Bertz CT molecular complexity index is 403. The van der Waals surface area contributed by atoms with Gasteiger partial charge in [0.2, 0.25) is 0 Å². The molecule has 1 aromatic carbocycles. The predicted octanol–water partition coefficient (Wildman–Crippen LogP) is 4.00. The highest BCUT2D eigenvalue weighted by atomic mass is 79.9. The minimum atomic E-state index is 0. The van der Waals surface area contributed by atoms with E-state index in [2.05, 4.69) is 51.3 Å². The molecule has 0 unspecified atom stereocenters. The quantitative estimate of drug-likeness (QED) is 0.852. The van der Waals surface area contributed by atoms with E-state index in [4.69, 9.17) is 0 Å². The van der Waals surface area contributed by atoms with Crippen molar-refractivity contribution in [3.8, 4) is 0 Å². The van der Waals surface area contributed by atoms with Crippen molar-refractivity contribution in [1.29, 1.82) is 0 Å². The molecule has 0 bridgehead atoms. The molecule has 1 fully saturated rings. The summed E-state index contributed by atoms with van der Waals surface area (Å²) in [6.07, 6.45) is 4.05. The van der Waals surface area contributed by atoms with E-state index >= 15 is 0 Å². The molecule has 4 heteroatoms. The Labute approximate surface area is 137 Å². The van der Waals surface area contributed by atoms with Crippen molar-refractivity contribution in [3.63, 3.8) is 0 Å². The Morgan fingerprint density at radius 2 is 2.00 bits per heavy atom. The summed E-state index contributed by atoms with van der Waals surface area (Å²) in [6.45, 7) is 6.90. The van der Waals surface area contributed by atoms with Gasteiger partial charge in [-0.2, -0.15) is 0 Å². The number of hydrogen-bond donors (Lipinski definition) is 1. The highest BCUT2D eigenvalue weighted by Crippen LogP contribution is 2.23. The fourth-order valence-electron chi connectivity index (χ4n) is 2.77. The molecule has 1 aromatic rings. The van der Waals surface area contributed by atoms with Crippen molar-refractivity contribution in [2.45, 2.75) is 32.7 Å². The van der Waals surface area contributed by atoms with Crippen LogP contribution in [0.5, 0.6) is 0 Å². The molecule has 1 aliphatic heterocycles. The van der Waals surface area contributed by atoms with Crippen LogP contribution in [0.1, 0.15) is 30.4 Å². The van der Waals surface area contributed by atoms with Gasteiger partial charge in [-0.25, -0.2) is 0 Å². The minimum absolute atomic E-state index is 0. The average molecular weight is 362 g/mol. The molecular weight excluding hydrogens is 336 g/mol. The van der Waals surface area contributed by atoms with E-state index in [1.165, 1.54) is 48.0 Å². The molecule has 1 heterocycles. The molecule has 0 saturated carbocycles. The second kappa shape index (κ2) is 9.04. The van der Waals surface area contributed by atoms with Crippen molar-refractivity contribution < 1.29 is 0 Å². The van der Waals surface area contributed by atoms with Crippen molar-refractivity contribution in [1.82, 2.24) is 10.2 Å². The summed E-state index contributed by atoms with van der Waals surface area (Å²) < 4.78 is 1.23. The van der Waals surface area contributed by atoms with Gasteiger partial charge >= 0.3 is 0 Å². The number of nitrogens with one attached hydrogen (secondary N) is 1. The number of likely N-dealkylation sites (tertiary alicyclic amines) is 1. The highest BCUT2D eigenvalue weighted by molar-refractivity contribution is 9.10. The molecular formula is C16H26BrClN2. The van der Waals surface area contributed by atoms with Gasteiger partial charge in [0.05, 0.1) is 0 Å². The molecule has 1 aliphatic rings. The maximum absolute atomic E-state index is 3.62. The molecule has 1 N–H and O–H groups in total. The molecule has 0 aromatic heterocycles. The Balaban J connectivity index is 0.00000200.